The molecule has 0 radical (unpaired) electrons. The van der Waals surface area contributed by atoms with E-state index in [1.165, 1.54) is 5.56 Å². The van der Waals surface area contributed by atoms with Crippen LogP contribution in [0, 0.1) is 13.8 Å². The average molecular weight is 517 g/mol. The number of carbonyl (C=O) groups is 2. The third-order valence-electron chi connectivity index (χ3n) is 6.90. The Morgan fingerprint density at radius 3 is 1.61 bits per heavy atom. The lowest BCUT2D eigenvalue weighted by Crippen LogP contribution is -2.27. The van der Waals surface area contributed by atoms with Crippen LogP contribution < -0.4 is 9.47 Å². The van der Waals surface area contributed by atoms with Crippen LogP contribution in [-0.2, 0) is 11.2 Å². The van der Waals surface area contributed by atoms with Gasteiger partial charge in [0.2, 0.25) is 0 Å². The van der Waals surface area contributed by atoms with E-state index < -0.39 is 17.5 Å². The first-order chi connectivity index (χ1) is 17.8. The van der Waals surface area contributed by atoms with Gasteiger partial charge in [-0.2, -0.15) is 0 Å². The third kappa shape index (κ3) is 7.70. The number of carbonyl (C=O) groups excluding carboxylic acids is 2. The van der Waals surface area contributed by atoms with E-state index in [1.54, 1.807) is 24.3 Å². The summed E-state index contributed by atoms with van der Waals surface area (Å²) in [5, 5.41) is 0. The third-order valence-corrected chi connectivity index (χ3v) is 6.90. The predicted molar refractivity (Wildman–Crippen MR) is 151 cm³/mol. The standard InChI is InChI=1S/C33H40O5/c1-9-32(5,6)37-29-18-12-25(20-23(29)4)21-24-11-17-28(22(3)19-24)36-30(34)26-13-15-27(16-14-26)31(35)38-33(7,8)10-2/h11-20H,9-10,21H2,1-8H3. The highest BCUT2D eigenvalue weighted by Crippen LogP contribution is 2.27. The number of esters is 2. The molecule has 0 fully saturated rings. The maximum atomic E-state index is 12.7. The highest BCUT2D eigenvalue weighted by atomic mass is 16.6. The normalized spacial score (nSPS) is 11.7. The van der Waals surface area contributed by atoms with Crippen molar-refractivity contribution in [2.45, 2.75) is 85.9 Å². The predicted octanol–water partition coefficient (Wildman–Crippen LogP) is 8.03. The van der Waals surface area contributed by atoms with E-state index in [1.807, 2.05) is 52.0 Å². The maximum absolute atomic E-state index is 12.7. The summed E-state index contributed by atoms with van der Waals surface area (Å²) in [4.78, 5) is 25.1. The fourth-order valence-corrected chi connectivity index (χ4v) is 3.76. The van der Waals surface area contributed by atoms with Crippen LogP contribution in [0.15, 0.2) is 60.7 Å². The molecule has 3 aromatic carbocycles. The average Bonchev–Trinajstić information content (AvgIpc) is 2.87. The van der Waals surface area contributed by atoms with Gasteiger partial charge in [0.05, 0.1) is 11.1 Å². The summed E-state index contributed by atoms with van der Waals surface area (Å²) in [6, 6.07) is 18.5. The zero-order valence-corrected chi connectivity index (χ0v) is 23.9. The van der Waals surface area contributed by atoms with E-state index in [-0.39, 0.29) is 5.60 Å². The molecule has 3 rings (SSSR count). The molecule has 38 heavy (non-hydrogen) atoms. The van der Waals surface area contributed by atoms with Crippen molar-refractivity contribution in [2.24, 2.45) is 0 Å². The summed E-state index contributed by atoms with van der Waals surface area (Å²) < 4.78 is 17.3. The molecule has 0 bridgehead atoms. The van der Waals surface area contributed by atoms with Gasteiger partial charge in [-0.25, -0.2) is 9.59 Å². The number of hydrogen-bond acceptors (Lipinski definition) is 5. The zero-order chi connectivity index (χ0) is 28.1. The van der Waals surface area contributed by atoms with Gasteiger partial charge >= 0.3 is 11.9 Å². The molecule has 0 aliphatic rings. The summed E-state index contributed by atoms with van der Waals surface area (Å²) in [5.74, 6) is 0.531. The summed E-state index contributed by atoms with van der Waals surface area (Å²) in [5.41, 5.74) is 4.32. The summed E-state index contributed by atoms with van der Waals surface area (Å²) >= 11 is 0. The lowest BCUT2D eigenvalue weighted by atomic mass is 10.0. The first kappa shape index (κ1) is 29.0. The number of benzene rings is 3. The molecule has 0 unspecified atom stereocenters. The summed E-state index contributed by atoms with van der Waals surface area (Å²) in [7, 11) is 0. The van der Waals surface area contributed by atoms with Crippen molar-refractivity contribution < 1.29 is 23.8 Å². The van der Waals surface area contributed by atoms with Crippen LogP contribution in [0.3, 0.4) is 0 Å². The molecule has 0 saturated heterocycles. The van der Waals surface area contributed by atoms with Gasteiger partial charge in [-0.1, -0.05) is 38.1 Å². The molecule has 0 aliphatic heterocycles. The number of hydrogen-bond donors (Lipinski definition) is 0. The Morgan fingerprint density at radius 2 is 1.13 bits per heavy atom. The lowest BCUT2D eigenvalue weighted by Gasteiger charge is -2.26. The first-order valence-corrected chi connectivity index (χ1v) is 13.3. The van der Waals surface area contributed by atoms with Gasteiger partial charge in [0.15, 0.2) is 0 Å². The highest BCUT2D eigenvalue weighted by Gasteiger charge is 2.22. The van der Waals surface area contributed by atoms with Gasteiger partial charge in [0.25, 0.3) is 0 Å². The molecule has 202 valence electrons. The van der Waals surface area contributed by atoms with E-state index >= 15 is 0 Å². The van der Waals surface area contributed by atoms with Crippen LogP contribution in [-0.4, -0.2) is 23.1 Å². The van der Waals surface area contributed by atoms with Crippen LogP contribution >= 0.6 is 0 Å². The zero-order valence-electron chi connectivity index (χ0n) is 23.9. The van der Waals surface area contributed by atoms with Gasteiger partial charge < -0.3 is 14.2 Å². The van der Waals surface area contributed by atoms with Crippen LogP contribution in [0.25, 0.3) is 0 Å². The Labute approximate surface area is 227 Å². The van der Waals surface area contributed by atoms with Crippen LogP contribution in [0.2, 0.25) is 0 Å². The first-order valence-electron chi connectivity index (χ1n) is 13.3. The molecule has 0 amide bonds. The van der Waals surface area contributed by atoms with E-state index in [0.29, 0.717) is 23.3 Å². The molecule has 0 saturated carbocycles. The smallest absolute Gasteiger partial charge is 0.343 e. The van der Waals surface area contributed by atoms with Crippen molar-refractivity contribution in [3.63, 3.8) is 0 Å². The number of rotatable bonds is 10. The molecule has 0 N–H and O–H groups in total. The Hall–Kier alpha value is -3.60. The maximum Gasteiger partial charge on any atom is 0.343 e. The molecule has 0 heterocycles. The van der Waals surface area contributed by atoms with E-state index in [2.05, 4.69) is 39.8 Å². The fourth-order valence-electron chi connectivity index (χ4n) is 3.76. The molecular weight excluding hydrogens is 476 g/mol. The Morgan fingerprint density at radius 1 is 0.658 bits per heavy atom. The second-order valence-corrected chi connectivity index (χ2v) is 11.1. The van der Waals surface area contributed by atoms with Gasteiger partial charge in [0.1, 0.15) is 22.7 Å². The van der Waals surface area contributed by atoms with Crippen molar-refractivity contribution in [2.75, 3.05) is 0 Å². The lowest BCUT2D eigenvalue weighted by molar-refractivity contribution is -0.00246. The topological polar surface area (TPSA) is 61.8 Å². The highest BCUT2D eigenvalue weighted by molar-refractivity contribution is 5.94. The molecule has 0 atom stereocenters. The molecule has 3 aromatic rings. The van der Waals surface area contributed by atoms with Crippen LogP contribution in [0.4, 0.5) is 0 Å². The monoisotopic (exact) mass is 516 g/mol. The summed E-state index contributed by atoms with van der Waals surface area (Å²) in [6.45, 7) is 16.0. The van der Waals surface area contributed by atoms with Crippen molar-refractivity contribution in [3.8, 4) is 11.5 Å². The quantitative estimate of drug-likeness (QED) is 0.202. The van der Waals surface area contributed by atoms with E-state index in [9.17, 15) is 9.59 Å². The van der Waals surface area contributed by atoms with Gasteiger partial charge in [0, 0.05) is 0 Å². The minimum atomic E-state index is -0.541. The van der Waals surface area contributed by atoms with Crippen molar-refractivity contribution >= 4 is 11.9 Å². The van der Waals surface area contributed by atoms with Crippen LogP contribution in [0.5, 0.6) is 11.5 Å². The number of ether oxygens (including phenoxy) is 3. The molecule has 0 aliphatic carbocycles. The minimum Gasteiger partial charge on any atom is -0.488 e. The van der Waals surface area contributed by atoms with E-state index in [4.69, 9.17) is 14.2 Å². The largest absolute Gasteiger partial charge is 0.488 e. The Balaban J connectivity index is 1.64. The van der Waals surface area contributed by atoms with Crippen molar-refractivity contribution in [3.05, 3.63) is 94.0 Å². The Bertz CT molecular complexity index is 1290. The number of aryl methyl sites for hydroxylation is 2. The SMILES string of the molecule is CCC(C)(C)OC(=O)c1ccc(C(=O)Oc2ccc(Cc3ccc(OC(C)(C)CC)c(C)c3)cc2C)cc1. The summed E-state index contributed by atoms with van der Waals surface area (Å²) in [6.07, 6.45) is 2.40. The minimum absolute atomic E-state index is 0.198. The van der Waals surface area contributed by atoms with Crippen molar-refractivity contribution in [1.82, 2.24) is 0 Å². The molecule has 5 heteroatoms. The second kappa shape index (κ2) is 11.8. The van der Waals surface area contributed by atoms with Crippen molar-refractivity contribution in [1.29, 1.82) is 0 Å². The fraction of sp³-hybridized carbons (Fsp3) is 0.394. The Kier molecular flexibility index (Phi) is 9.03. The van der Waals surface area contributed by atoms with Gasteiger partial charge in [-0.05, 0) is 119 Å². The van der Waals surface area contributed by atoms with Gasteiger partial charge in [-0.3, -0.25) is 0 Å². The van der Waals surface area contributed by atoms with E-state index in [0.717, 1.165) is 35.3 Å². The van der Waals surface area contributed by atoms with Crippen LogP contribution in [0.1, 0.15) is 97.4 Å². The second-order valence-electron chi connectivity index (χ2n) is 11.1. The molecule has 5 nitrogen and oxygen atoms in total. The molecular formula is C33H40O5. The van der Waals surface area contributed by atoms with Gasteiger partial charge in [-0.15, -0.1) is 0 Å². The molecule has 0 spiro atoms. The molecule has 0 aromatic heterocycles.